The topological polar surface area (TPSA) is 4.93 Å². The van der Waals surface area contributed by atoms with Gasteiger partial charge in [0.25, 0.3) is 0 Å². The molecule has 7 rings (SSSR count). The molecule has 2 heteroatoms. The lowest BCUT2D eigenvalue weighted by molar-refractivity contribution is 1.18. The second-order valence-electron chi connectivity index (χ2n) is 8.73. The fourth-order valence-corrected chi connectivity index (χ4v) is 6.20. The highest BCUT2D eigenvalue weighted by Crippen LogP contribution is 2.39. The van der Waals surface area contributed by atoms with Crippen LogP contribution in [0.3, 0.4) is 0 Å². The van der Waals surface area contributed by atoms with E-state index in [-0.39, 0.29) is 0 Å². The Morgan fingerprint density at radius 3 is 2.18 bits per heavy atom. The van der Waals surface area contributed by atoms with Gasteiger partial charge >= 0.3 is 0 Å². The van der Waals surface area contributed by atoms with Crippen LogP contribution in [0.4, 0.5) is 0 Å². The summed E-state index contributed by atoms with van der Waals surface area (Å²) in [6, 6.07) is 39.9. The maximum atomic E-state index is 2.37. The van der Waals surface area contributed by atoms with Crippen LogP contribution < -0.4 is 0 Å². The van der Waals surface area contributed by atoms with Gasteiger partial charge in [-0.25, -0.2) is 0 Å². The summed E-state index contributed by atoms with van der Waals surface area (Å²) in [7, 11) is 0. The van der Waals surface area contributed by atoms with E-state index in [1.807, 2.05) is 11.3 Å². The maximum Gasteiger partial charge on any atom is 0.0541 e. The first-order valence-corrected chi connectivity index (χ1v) is 12.1. The minimum atomic E-state index is 1.19. The van der Waals surface area contributed by atoms with Gasteiger partial charge in [0.1, 0.15) is 0 Å². The normalized spacial score (nSPS) is 11.8. The lowest BCUT2D eigenvalue weighted by atomic mass is 10.0. The van der Waals surface area contributed by atoms with Crippen LogP contribution in [0.25, 0.3) is 58.8 Å². The number of hydrogen-bond donors (Lipinski definition) is 0. The molecule has 7 aromatic rings. The Bertz CT molecular complexity index is 1820. The molecule has 0 aliphatic carbocycles. The van der Waals surface area contributed by atoms with E-state index in [0.717, 1.165) is 0 Å². The van der Waals surface area contributed by atoms with E-state index in [1.54, 1.807) is 0 Å². The predicted octanol–water partition coefficient (Wildman–Crippen LogP) is 9.13. The molecule has 0 atom stereocenters. The summed E-state index contributed by atoms with van der Waals surface area (Å²) in [5.41, 5.74) is 7.51. The number of thiophene rings is 1. The molecule has 1 nitrogen and oxygen atoms in total. The number of aromatic nitrogens is 1. The molecule has 0 fully saturated rings. The quantitative estimate of drug-likeness (QED) is 0.253. The van der Waals surface area contributed by atoms with Gasteiger partial charge in [-0.1, -0.05) is 66.2 Å². The van der Waals surface area contributed by atoms with Crippen LogP contribution in [-0.4, -0.2) is 4.57 Å². The number of aryl methyl sites for hydroxylation is 1. The van der Waals surface area contributed by atoms with Crippen molar-refractivity contribution in [1.29, 1.82) is 0 Å². The van der Waals surface area contributed by atoms with Gasteiger partial charge in [0.2, 0.25) is 0 Å². The SMILES string of the molecule is Cc1ccc2sc3cc(-c4ccc5c(c4)c4ccccc4n5-c4ccccc4)ccc3c2c1. The lowest BCUT2D eigenvalue weighted by Crippen LogP contribution is -1.92. The molecule has 0 aliphatic rings. The van der Waals surface area contributed by atoms with E-state index in [4.69, 9.17) is 0 Å². The smallest absolute Gasteiger partial charge is 0.0541 e. The third kappa shape index (κ3) is 2.84. The van der Waals surface area contributed by atoms with Crippen molar-refractivity contribution in [3.8, 4) is 16.8 Å². The summed E-state index contributed by atoms with van der Waals surface area (Å²) < 4.78 is 5.07. The average molecular weight is 440 g/mol. The zero-order valence-electron chi connectivity index (χ0n) is 18.2. The molecule has 0 unspecified atom stereocenters. The molecule has 0 radical (unpaired) electrons. The van der Waals surface area contributed by atoms with E-state index in [2.05, 4.69) is 121 Å². The van der Waals surface area contributed by atoms with Gasteiger partial charge in [-0.05, 0) is 66.6 Å². The van der Waals surface area contributed by atoms with E-state index in [0.29, 0.717) is 0 Å². The van der Waals surface area contributed by atoms with Gasteiger partial charge in [-0.2, -0.15) is 0 Å². The Labute approximate surface area is 196 Å². The molecule has 0 amide bonds. The van der Waals surface area contributed by atoms with Crippen molar-refractivity contribution in [2.24, 2.45) is 0 Å². The van der Waals surface area contributed by atoms with Crippen molar-refractivity contribution in [3.05, 3.63) is 115 Å². The minimum absolute atomic E-state index is 1.19. The summed E-state index contributed by atoms with van der Waals surface area (Å²) in [5.74, 6) is 0. The van der Waals surface area contributed by atoms with Crippen molar-refractivity contribution in [2.75, 3.05) is 0 Å². The molecular weight excluding hydrogens is 418 g/mol. The molecule has 0 spiro atoms. The standard InChI is InChI=1S/C31H21NS/c1-20-11-16-30-27(17-20)25-14-12-22(19-31(25)33-30)21-13-15-29-26(18-21)24-9-5-6-10-28(24)32(29)23-7-3-2-4-8-23/h2-19H,1H3. The summed E-state index contributed by atoms with van der Waals surface area (Å²) in [4.78, 5) is 0. The van der Waals surface area contributed by atoms with Crippen LogP contribution in [0.15, 0.2) is 109 Å². The van der Waals surface area contributed by atoms with E-state index in [9.17, 15) is 0 Å². The second-order valence-corrected chi connectivity index (χ2v) is 9.82. The van der Waals surface area contributed by atoms with Crippen LogP contribution in [0.5, 0.6) is 0 Å². The first-order chi connectivity index (χ1) is 16.3. The van der Waals surface area contributed by atoms with E-state index < -0.39 is 0 Å². The van der Waals surface area contributed by atoms with Gasteiger partial charge < -0.3 is 4.57 Å². The number of rotatable bonds is 2. The van der Waals surface area contributed by atoms with Gasteiger partial charge in [0.15, 0.2) is 0 Å². The zero-order chi connectivity index (χ0) is 21.9. The number of nitrogens with zero attached hydrogens (tertiary/aromatic N) is 1. The highest BCUT2D eigenvalue weighted by atomic mass is 32.1. The Morgan fingerprint density at radius 1 is 0.515 bits per heavy atom. The number of hydrogen-bond acceptors (Lipinski definition) is 1. The Morgan fingerprint density at radius 2 is 1.27 bits per heavy atom. The highest BCUT2D eigenvalue weighted by Gasteiger charge is 2.13. The van der Waals surface area contributed by atoms with Gasteiger partial charge in [-0.15, -0.1) is 11.3 Å². The van der Waals surface area contributed by atoms with Gasteiger partial charge in [0.05, 0.1) is 11.0 Å². The number of fused-ring (bicyclic) bond motifs is 6. The molecule has 0 N–H and O–H groups in total. The average Bonchev–Trinajstić information content (AvgIpc) is 3.39. The summed E-state index contributed by atoms with van der Waals surface area (Å²) in [6.45, 7) is 2.17. The summed E-state index contributed by atoms with van der Waals surface area (Å²) >= 11 is 1.88. The summed E-state index contributed by atoms with van der Waals surface area (Å²) in [5, 5.41) is 5.29. The third-order valence-corrected chi connectivity index (χ3v) is 7.78. The van der Waals surface area contributed by atoms with E-state index in [1.165, 1.54) is 64.4 Å². The minimum Gasteiger partial charge on any atom is -0.309 e. The molecule has 5 aromatic carbocycles. The fourth-order valence-electron chi connectivity index (χ4n) is 5.08. The largest absolute Gasteiger partial charge is 0.309 e. The van der Waals surface area contributed by atoms with Crippen LogP contribution in [-0.2, 0) is 0 Å². The zero-order valence-corrected chi connectivity index (χ0v) is 19.1. The molecule has 0 aliphatic heterocycles. The summed E-state index contributed by atoms with van der Waals surface area (Å²) in [6.07, 6.45) is 0. The molecule has 156 valence electrons. The molecule has 2 heterocycles. The van der Waals surface area contributed by atoms with E-state index >= 15 is 0 Å². The number of benzene rings is 5. The molecule has 2 aromatic heterocycles. The molecule has 33 heavy (non-hydrogen) atoms. The first kappa shape index (κ1) is 18.7. The van der Waals surface area contributed by atoms with Gasteiger partial charge in [-0.3, -0.25) is 0 Å². The van der Waals surface area contributed by atoms with Crippen LogP contribution in [0.1, 0.15) is 5.56 Å². The third-order valence-electron chi connectivity index (χ3n) is 6.65. The van der Waals surface area contributed by atoms with Crippen molar-refractivity contribution < 1.29 is 0 Å². The Balaban J connectivity index is 1.45. The molecule has 0 saturated heterocycles. The lowest BCUT2D eigenvalue weighted by Gasteiger charge is -2.08. The molecular formula is C31H21NS. The van der Waals surface area contributed by atoms with Crippen molar-refractivity contribution in [1.82, 2.24) is 4.57 Å². The van der Waals surface area contributed by atoms with Gasteiger partial charge in [0, 0.05) is 36.6 Å². The fraction of sp³-hybridized carbons (Fsp3) is 0.0323. The monoisotopic (exact) mass is 439 g/mol. The Kier molecular flexibility index (Phi) is 3.99. The van der Waals surface area contributed by atoms with Crippen LogP contribution in [0, 0.1) is 6.92 Å². The van der Waals surface area contributed by atoms with Crippen LogP contribution >= 0.6 is 11.3 Å². The van der Waals surface area contributed by atoms with Crippen LogP contribution in [0.2, 0.25) is 0 Å². The second kappa shape index (κ2) is 7.06. The predicted molar refractivity (Wildman–Crippen MR) is 144 cm³/mol. The highest BCUT2D eigenvalue weighted by molar-refractivity contribution is 7.25. The van der Waals surface area contributed by atoms with Crippen molar-refractivity contribution in [3.63, 3.8) is 0 Å². The van der Waals surface area contributed by atoms with Crippen molar-refractivity contribution >= 4 is 53.3 Å². The first-order valence-electron chi connectivity index (χ1n) is 11.3. The molecule has 0 saturated carbocycles. The maximum absolute atomic E-state index is 2.37. The molecule has 0 bridgehead atoms. The van der Waals surface area contributed by atoms with Crippen molar-refractivity contribution in [2.45, 2.75) is 6.92 Å². The Hall–Kier alpha value is -3.88. The number of para-hydroxylation sites is 2.